The molecule has 1 atom stereocenters. The van der Waals surface area contributed by atoms with E-state index in [2.05, 4.69) is 11.6 Å². The van der Waals surface area contributed by atoms with Crippen molar-refractivity contribution in [3.8, 4) is 0 Å². The van der Waals surface area contributed by atoms with Gasteiger partial charge in [-0.3, -0.25) is 9.59 Å². The maximum Gasteiger partial charge on any atom is 0.261 e. The van der Waals surface area contributed by atoms with E-state index in [1.54, 1.807) is 25.1 Å². The molecule has 0 bridgehead atoms. The Morgan fingerprint density at radius 1 is 1.27 bits per heavy atom. The van der Waals surface area contributed by atoms with E-state index in [1.165, 1.54) is 10.0 Å². The zero-order valence-electron chi connectivity index (χ0n) is 12.9. The number of amides is 2. The molecule has 0 aliphatic carbocycles. The molecule has 0 aromatic heterocycles. The lowest BCUT2D eigenvalue weighted by molar-refractivity contribution is -0.130. The molecule has 0 saturated carbocycles. The van der Waals surface area contributed by atoms with Crippen molar-refractivity contribution in [3.63, 3.8) is 0 Å². The summed E-state index contributed by atoms with van der Waals surface area (Å²) in [5.41, 5.74) is 2.34. The molecule has 0 unspecified atom stereocenters. The number of allylic oxidation sites excluding steroid dienone is 1. The number of fused-ring (bicyclic) bond motifs is 3. The Balaban J connectivity index is 2.19. The molecule has 0 radical (unpaired) electrons. The maximum absolute atomic E-state index is 12.7. The van der Waals surface area contributed by atoms with Crippen molar-refractivity contribution in [2.45, 2.75) is 13.3 Å². The first-order valence-corrected chi connectivity index (χ1v) is 7.11. The highest BCUT2D eigenvalue weighted by molar-refractivity contribution is 6.22. The highest BCUT2D eigenvalue weighted by Crippen LogP contribution is 2.40. The summed E-state index contributed by atoms with van der Waals surface area (Å²) in [4.78, 5) is 31.7. The molecule has 1 saturated heterocycles. The van der Waals surface area contributed by atoms with Gasteiger partial charge < -0.3 is 4.90 Å². The zero-order valence-corrected chi connectivity index (χ0v) is 12.9. The van der Waals surface area contributed by atoms with Crippen molar-refractivity contribution in [2.75, 3.05) is 19.1 Å². The van der Waals surface area contributed by atoms with Crippen LogP contribution in [0.5, 0.6) is 0 Å². The first-order valence-electron chi connectivity index (χ1n) is 7.11. The van der Waals surface area contributed by atoms with Gasteiger partial charge in [-0.05, 0) is 31.0 Å². The molecule has 0 N–H and O–H groups in total. The molecule has 1 fully saturated rings. The second kappa shape index (κ2) is 4.98. The molecule has 1 aromatic carbocycles. The SMILES string of the molecule is C=CC[C@@H]1C(=O)N2C(N(C)C)=Nc3ccc(C)cc3N2C1=O. The quantitative estimate of drug-likeness (QED) is 0.618. The number of nitrogens with zero attached hydrogens (tertiary/aromatic N) is 4. The molecule has 6 heteroatoms. The second-order valence-electron chi connectivity index (χ2n) is 5.68. The average Bonchev–Trinajstić information content (AvgIpc) is 2.72. The van der Waals surface area contributed by atoms with E-state index in [0.29, 0.717) is 23.8 Å². The van der Waals surface area contributed by atoms with Crippen LogP contribution in [0.25, 0.3) is 0 Å². The van der Waals surface area contributed by atoms with E-state index in [1.807, 2.05) is 25.1 Å². The Morgan fingerprint density at radius 2 is 1.95 bits per heavy atom. The number of aryl methyl sites for hydroxylation is 1. The van der Waals surface area contributed by atoms with E-state index in [-0.39, 0.29) is 11.8 Å². The number of anilines is 1. The molecule has 2 aliphatic heterocycles. The number of hydrogen-bond acceptors (Lipinski definition) is 4. The van der Waals surface area contributed by atoms with Crippen LogP contribution in [0.15, 0.2) is 35.8 Å². The Kier molecular flexibility index (Phi) is 3.24. The molecule has 2 heterocycles. The molecule has 6 nitrogen and oxygen atoms in total. The van der Waals surface area contributed by atoms with E-state index >= 15 is 0 Å². The van der Waals surface area contributed by atoms with E-state index < -0.39 is 5.92 Å². The van der Waals surface area contributed by atoms with Crippen LogP contribution in [0.4, 0.5) is 11.4 Å². The Bertz CT molecular complexity index is 708. The minimum Gasteiger partial charge on any atom is -0.347 e. The van der Waals surface area contributed by atoms with Gasteiger partial charge in [-0.1, -0.05) is 12.1 Å². The van der Waals surface area contributed by atoms with E-state index in [4.69, 9.17) is 0 Å². The third-order valence-electron chi connectivity index (χ3n) is 3.79. The van der Waals surface area contributed by atoms with Gasteiger partial charge in [0.25, 0.3) is 11.8 Å². The lowest BCUT2D eigenvalue weighted by atomic mass is 10.1. The monoisotopic (exact) mass is 298 g/mol. The Labute approximate surface area is 129 Å². The largest absolute Gasteiger partial charge is 0.347 e. The number of carbonyl (C=O) groups excluding carboxylic acids is 2. The van der Waals surface area contributed by atoms with E-state index in [9.17, 15) is 9.59 Å². The third-order valence-corrected chi connectivity index (χ3v) is 3.79. The minimum atomic E-state index is -0.728. The molecule has 2 amide bonds. The fraction of sp³-hybridized carbons (Fsp3) is 0.312. The van der Waals surface area contributed by atoms with Gasteiger partial charge in [-0.15, -0.1) is 6.58 Å². The summed E-state index contributed by atoms with van der Waals surface area (Å²) in [5, 5.41) is 2.82. The van der Waals surface area contributed by atoms with Gasteiger partial charge in [0.2, 0.25) is 5.96 Å². The minimum absolute atomic E-state index is 0.231. The van der Waals surface area contributed by atoms with Gasteiger partial charge in [0.1, 0.15) is 5.92 Å². The van der Waals surface area contributed by atoms with Crippen molar-refractivity contribution >= 4 is 29.1 Å². The first kappa shape index (κ1) is 14.3. The van der Waals surface area contributed by atoms with Crippen LogP contribution in [0.3, 0.4) is 0 Å². The zero-order chi connectivity index (χ0) is 16.0. The normalized spacial score (nSPS) is 19.8. The number of guanidine groups is 1. The van der Waals surface area contributed by atoms with Crippen molar-refractivity contribution in [1.82, 2.24) is 9.91 Å². The van der Waals surface area contributed by atoms with Gasteiger partial charge >= 0.3 is 0 Å². The van der Waals surface area contributed by atoms with Crippen molar-refractivity contribution in [3.05, 3.63) is 36.4 Å². The summed E-state index contributed by atoms with van der Waals surface area (Å²) < 4.78 is 0. The summed E-state index contributed by atoms with van der Waals surface area (Å²) in [6.45, 7) is 5.58. The number of aliphatic imine (C=N–C) groups is 1. The summed E-state index contributed by atoms with van der Waals surface area (Å²) in [6.07, 6.45) is 1.93. The van der Waals surface area contributed by atoms with E-state index in [0.717, 1.165) is 5.56 Å². The predicted octanol–water partition coefficient (Wildman–Crippen LogP) is 1.84. The summed E-state index contributed by atoms with van der Waals surface area (Å²) in [7, 11) is 3.60. The van der Waals surface area contributed by atoms with Crippen molar-refractivity contribution < 1.29 is 9.59 Å². The van der Waals surface area contributed by atoms with Gasteiger partial charge in [-0.25, -0.2) is 10.0 Å². The molecule has 22 heavy (non-hydrogen) atoms. The maximum atomic E-state index is 12.7. The molecular formula is C16H18N4O2. The highest BCUT2D eigenvalue weighted by Gasteiger charge is 2.50. The third kappa shape index (κ3) is 1.91. The lowest BCUT2D eigenvalue weighted by Gasteiger charge is -2.35. The van der Waals surface area contributed by atoms with Crippen LogP contribution in [0.1, 0.15) is 12.0 Å². The fourth-order valence-electron chi connectivity index (χ4n) is 2.72. The number of hydrazine groups is 1. The smallest absolute Gasteiger partial charge is 0.261 e. The number of hydrogen-bond donors (Lipinski definition) is 0. The van der Waals surface area contributed by atoms with Crippen molar-refractivity contribution in [1.29, 1.82) is 0 Å². The lowest BCUT2D eigenvalue weighted by Crippen LogP contribution is -2.52. The van der Waals surface area contributed by atoms with Crippen molar-refractivity contribution in [2.24, 2.45) is 10.9 Å². The molecule has 2 aliphatic rings. The predicted molar refractivity (Wildman–Crippen MR) is 84.6 cm³/mol. The van der Waals surface area contributed by atoms with Crippen LogP contribution in [-0.4, -0.2) is 41.8 Å². The van der Waals surface area contributed by atoms with Crippen LogP contribution >= 0.6 is 0 Å². The van der Waals surface area contributed by atoms with Gasteiger partial charge in [-0.2, -0.15) is 5.01 Å². The van der Waals surface area contributed by atoms with Gasteiger partial charge in [0, 0.05) is 14.1 Å². The average molecular weight is 298 g/mol. The van der Waals surface area contributed by atoms with Crippen LogP contribution in [-0.2, 0) is 9.59 Å². The molecular weight excluding hydrogens is 280 g/mol. The summed E-state index contributed by atoms with van der Waals surface area (Å²) in [5.74, 6) is -0.772. The standard InChI is InChI=1S/C16H18N4O2/c1-5-6-11-14(21)19-13-9-10(2)7-8-12(13)17-16(18(3)4)20(19)15(11)22/h5,7-9,11H,1,6H2,2-4H3/t11-/m0/s1. The second-order valence-corrected chi connectivity index (χ2v) is 5.68. The van der Waals surface area contributed by atoms with Crippen LogP contribution in [0.2, 0.25) is 0 Å². The first-order chi connectivity index (χ1) is 10.5. The topological polar surface area (TPSA) is 56.2 Å². The van der Waals surface area contributed by atoms with Crippen LogP contribution < -0.4 is 5.01 Å². The fourth-order valence-corrected chi connectivity index (χ4v) is 2.72. The number of rotatable bonds is 2. The summed E-state index contributed by atoms with van der Waals surface area (Å²) in [6, 6.07) is 5.68. The molecule has 3 rings (SSSR count). The Morgan fingerprint density at radius 3 is 2.59 bits per heavy atom. The Hall–Kier alpha value is -2.63. The van der Waals surface area contributed by atoms with Gasteiger partial charge in [0.05, 0.1) is 11.4 Å². The number of benzene rings is 1. The molecule has 0 spiro atoms. The molecule has 1 aromatic rings. The highest BCUT2D eigenvalue weighted by atomic mass is 16.2. The van der Waals surface area contributed by atoms with Gasteiger partial charge in [0.15, 0.2) is 0 Å². The summed E-state index contributed by atoms with van der Waals surface area (Å²) >= 11 is 0. The number of carbonyl (C=O) groups is 2. The molecule has 114 valence electrons. The van der Waals surface area contributed by atoms with Crippen LogP contribution in [0, 0.1) is 12.8 Å².